The second-order valence-electron chi connectivity index (χ2n) is 4.20. The molecule has 1 saturated heterocycles. The maximum absolute atomic E-state index is 12.1. The zero-order valence-electron chi connectivity index (χ0n) is 10.0. The molecular formula is C10H11Br2NO5S2. The monoisotopic (exact) mass is 447 g/mol. The summed E-state index contributed by atoms with van der Waals surface area (Å²) in [6.07, 6.45) is -0.332. The molecule has 1 fully saturated rings. The Labute approximate surface area is 136 Å². The van der Waals surface area contributed by atoms with Crippen molar-refractivity contribution in [1.29, 1.82) is 0 Å². The van der Waals surface area contributed by atoms with E-state index in [1.807, 2.05) is 0 Å². The van der Waals surface area contributed by atoms with E-state index in [9.17, 15) is 13.2 Å². The number of hydrogen-bond acceptors (Lipinski definition) is 5. The molecule has 2 atom stereocenters. The second kappa shape index (κ2) is 6.41. The Bertz CT molecular complexity index is 615. The minimum atomic E-state index is -3.64. The van der Waals surface area contributed by atoms with Crippen LogP contribution in [0, 0.1) is 0 Å². The van der Waals surface area contributed by atoms with E-state index in [0.717, 1.165) is 0 Å². The maximum atomic E-state index is 12.1. The fourth-order valence-electron chi connectivity index (χ4n) is 1.83. The predicted octanol–water partition coefficient (Wildman–Crippen LogP) is 2.18. The Morgan fingerprint density at radius 2 is 2.20 bits per heavy atom. The van der Waals surface area contributed by atoms with Gasteiger partial charge in [-0.05, 0) is 50.8 Å². The van der Waals surface area contributed by atoms with Gasteiger partial charge >= 0.3 is 5.97 Å². The summed E-state index contributed by atoms with van der Waals surface area (Å²) in [4.78, 5) is 10.9. The van der Waals surface area contributed by atoms with Gasteiger partial charge in [-0.3, -0.25) is 0 Å². The molecule has 2 heterocycles. The van der Waals surface area contributed by atoms with Gasteiger partial charge < -0.3 is 9.84 Å². The van der Waals surface area contributed by atoms with E-state index >= 15 is 0 Å². The summed E-state index contributed by atoms with van der Waals surface area (Å²) in [6, 6.07) is 1.51. The van der Waals surface area contributed by atoms with E-state index in [0.29, 0.717) is 20.4 Å². The zero-order chi connectivity index (χ0) is 14.9. The molecule has 0 saturated carbocycles. The molecule has 2 unspecified atom stereocenters. The lowest BCUT2D eigenvalue weighted by atomic mass is 10.2. The first-order valence-corrected chi connectivity index (χ1v) is 9.51. The first kappa shape index (κ1) is 16.4. The number of nitrogens with one attached hydrogen (secondary N) is 1. The van der Waals surface area contributed by atoms with Crippen molar-refractivity contribution in [3.63, 3.8) is 0 Å². The maximum Gasteiger partial charge on any atom is 0.332 e. The molecule has 20 heavy (non-hydrogen) atoms. The number of rotatable bonds is 5. The Morgan fingerprint density at radius 3 is 2.70 bits per heavy atom. The molecule has 1 aromatic rings. The summed E-state index contributed by atoms with van der Waals surface area (Å²) in [5, 5.41) is 8.80. The van der Waals surface area contributed by atoms with E-state index in [1.54, 1.807) is 0 Å². The second-order valence-corrected chi connectivity index (χ2v) is 9.69. The molecule has 0 amide bonds. The summed E-state index contributed by atoms with van der Waals surface area (Å²) in [5.74, 6) is -1.01. The normalized spacial score (nSPS) is 23.1. The van der Waals surface area contributed by atoms with Crippen molar-refractivity contribution in [1.82, 2.24) is 4.72 Å². The third-order valence-electron chi connectivity index (χ3n) is 2.80. The molecule has 0 aliphatic carbocycles. The van der Waals surface area contributed by atoms with Crippen LogP contribution in [0.25, 0.3) is 0 Å². The van der Waals surface area contributed by atoms with Gasteiger partial charge in [-0.25, -0.2) is 17.9 Å². The third-order valence-corrected chi connectivity index (χ3v) is 6.98. The highest BCUT2D eigenvalue weighted by Crippen LogP contribution is 2.34. The van der Waals surface area contributed by atoms with Crippen LogP contribution < -0.4 is 4.72 Å². The van der Waals surface area contributed by atoms with Crippen LogP contribution in [0.5, 0.6) is 0 Å². The third kappa shape index (κ3) is 3.80. The highest BCUT2D eigenvalue weighted by molar-refractivity contribution is 9.12. The number of carbonyl (C=O) groups is 1. The van der Waals surface area contributed by atoms with Crippen LogP contribution >= 0.6 is 43.2 Å². The number of ether oxygens (including phenoxy) is 1. The molecular weight excluding hydrogens is 438 g/mol. The molecule has 6 nitrogen and oxygen atoms in total. The minimum absolute atomic E-state index is 0.0615. The van der Waals surface area contributed by atoms with Crippen molar-refractivity contribution < 1.29 is 23.1 Å². The van der Waals surface area contributed by atoms with Gasteiger partial charge in [-0.1, -0.05) is 0 Å². The lowest BCUT2D eigenvalue weighted by molar-refractivity contribution is -0.149. The van der Waals surface area contributed by atoms with Gasteiger partial charge in [0.15, 0.2) is 6.10 Å². The number of thiophene rings is 1. The van der Waals surface area contributed by atoms with Crippen molar-refractivity contribution in [2.24, 2.45) is 0 Å². The Balaban J connectivity index is 1.97. The average Bonchev–Trinajstić information content (AvgIpc) is 2.93. The van der Waals surface area contributed by atoms with Gasteiger partial charge in [-0.2, -0.15) is 0 Å². The van der Waals surface area contributed by atoms with Gasteiger partial charge in [-0.15, -0.1) is 11.3 Å². The quantitative estimate of drug-likeness (QED) is 0.720. The van der Waals surface area contributed by atoms with E-state index in [2.05, 4.69) is 36.6 Å². The molecule has 0 spiro atoms. The summed E-state index contributed by atoms with van der Waals surface area (Å²) >= 11 is 7.68. The smallest absolute Gasteiger partial charge is 0.332 e. The van der Waals surface area contributed by atoms with Crippen LogP contribution in [-0.4, -0.2) is 38.2 Å². The standard InChI is InChI=1S/C10H11Br2NO5S2/c11-8-3-7(9(12)19-8)20(16,17)13-4-5-1-2-6(18-5)10(14)15/h3,5-6,13H,1-2,4H2,(H,14,15). The number of hydrogen-bond donors (Lipinski definition) is 2. The fourth-order valence-corrected chi connectivity index (χ4v) is 6.70. The number of halogens is 2. The molecule has 2 rings (SSSR count). The Kier molecular flexibility index (Phi) is 5.24. The van der Waals surface area contributed by atoms with Crippen molar-refractivity contribution in [3.8, 4) is 0 Å². The van der Waals surface area contributed by atoms with Crippen molar-refractivity contribution >= 4 is 59.2 Å². The van der Waals surface area contributed by atoms with Crippen LogP contribution in [0.1, 0.15) is 12.8 Å². The topological polar surface area (TPSA) is 92.7 Å². The van der Waals surface area contributed by atoms with Gasteiger partial charge in [0.2, 0.25) is 10.0 Å². The largest absolute Gasteiger partial charge is 0.479 e. The molecule has 0 bridgehead atoms. The molecule has 1 aliphatic rings. The molecule has 1 aromatic heterocycles. The van der Waals surface area contributed by atoms with Crippen LogP contribution in [0.15, 0.2) is 18.5 Å². The fraction of sp³-hybridized carbons (Fsp3) is 0.500. The summed E-state index contributed by atoms with van der Waals surface area (Å²) in [7, 11) is -3.64. The van der Waals surface area contributed by atoms with Crippen molar-refractivity contribution in [2.75, 3.05) is 6.54 Å². The molecule has 2 N–H and O–H groups in total. The van der Waals surface area contributed by atoms with Gasteiger partial charge in [0, 0.05) is 6.54 Å². The lowest BCUT2D eigenvalue weighted by Crippen LogP contribution is -2.33. The number of sulfonamides is 1. The van der Waals surface area contributed by atoms with E-state index < -0.39 is 28.2 Å². The highest BCUT2D eigenvalue weighted by Gasteiger charge is 2.31. The van der Waals surface area contributed by atoms with E-state index in [4.69, 9.17) is 9.84 Å². The predicted molar refractivity (Wildman–Crippen MR) is 80.4 cm³/mol. The van der Waals surface area contributed by atoms with Crippen LogP contribution in [0.2, 0.25) is 0 Å². The molecule has 0 aromatic carbocycles. The minimum Gasteiger partial charge on any atom is -0.479 e. The number of carboxylic acid groups (broad SMARTS) is 1. The van der Waals surface area contributed by atoms with Crippen molar-refractivity contribution in [3.05, 3.63) is 13.6 Å². The summed E-state index contributed by atoms with van der Waals surface area (Å²) in [5.41, 5.74) is 0. The average molecular weight is 449 g/mol. The van der Waals surface area contributed by atoms with Gasteiger partial charge in [0.1, 0.15) is 4.90 Å². The van der Waals surface area contributed by atoms with Gasteiger partial charge in [0.05, 0.1) is 13.7 Å². The van der Waals surface area contributed by atoms with E-state index in [1.165, 1.54) is 17.4 Å². The number of carboxylic acids is 1. The Hall–Kier alpha value is -0.000000000000000298. The summed E-state index contributed by atoms with van der Waals surface area (Å²) in [6.45, 7) is 0.0615. The highest BCUT2D eigenvalue weighted by atomic mass is 79.9. The van der Waals surface area contributed by atoms with E-state index in [-0.39, 0.29) is 11.4 Å². The number of aliphatic carboxylic acids is 1. The van der Waals surface area contributed by atoms with Crippen LogP contribution in [0.4, 0.5) is 0 Å². The SMILES string of the molecule is O=C(O)C1CCC(CNS(=O)(=O)c2cc(Br)sc2Br)O1. The van der Waals surface area contributed by atoms with Crippen molar-refractivity contribution in [2.45, 2.75) is 29.9 Å². The molecule has 1 aliphatic heterocycles. The van der Waals surface area contributed by atoms with Gasteiger partial charge in [0.25, 0.3) is 0 Å². The zero-order valence-corrected chi connectivity index (χ0v) is 14.8. The molecule has 0 radical (unpaired) electrons. The first-order valence-electron chi connectivity index (χ1n) is 5.62. The molecule has 112 valence electrons. The Morgan fingerprint density at radius 1 is 1.50 bits per heavy atom. The summed E-state index contributed by atoms with van der Waals surface area (Å²) < 4.78 is 33.1. The van der Waals surface area contributed by atoms with Crippen LogP contribution in [0.3, 0.4) is 0 Å². The lowest BCUT2D eigenvalue weighted by Gasteiger charge is -2.12. The molecule has 10 heteroatoms. The first-order chi connectivity index (χ1) is 9.29. The van der Waals surface area contributed by atoms with Crippen LogP contribution in [-0.2, 0) is 19.6 Å².